The molecule has 0 fully saturated rings. The van der Waals surface area contributed by atoms with Gasteiger partial charge in [0.2, 0.25) is 0 Å². The van der Waals surface area contributed by atoms with E-state index in [1.807, 2.05) is 6.07 Å². The number of benzene rings is 3. The lowest BCUT2D eigenvalue weighted by molar-refractivity contribution is -0.120. The summed E-state index contributed by atoms with van der Waals surface area (Å²) in [6.07, 6.45) is 3.46. The molecule has 0 spiro atoms. The van der Waals surface area contributed by atoms with Crippen LogP contribution in [0.25, 0.3) is 0 Å². The third-order valence-electron chi connectivity index (χ3n) is 4.80. The smallest absolute Gasteiger partial charge is 0.343 e. The first kappa shape index (κ1) is 25.2. The van der Waals surface area contributed by atoms with Crippen LogP contribution in [0.15, 0.2) is 84.0 Å². The van der Waals surface area contributed by atoms with E-state index in [0.29, 0.717) is 34.8 Å². The average molecular weight is 474 g/mol. The summed E-state index contributed by atoms with van der Waals surface area (Å²) in [5, 5.41) is 6.42. The van der Waals surface area contributed by atoms with Gasteiger partial charge in [0.25, 0.3) is 11.8 Å². The summed E-state index contributed by atoms with van der Waals surface area (Å²) in [6, 6.07) is 22.1. The summed E-state index contributed by atoms with van der Waals surface area (Å²) >= 11 is 0. The van der Waals surface area contributed by atoms with Gasteiger partial charge in [-0.3, -0.25) is 9.59 Å². The van der Waals surface area contributed by atoms with E-state index in [-0.39, 0.29) is 12.5 Å². The minimum absolute atomic E-state index is 0.223. The predicted octanol–water partition coefficient (Wildman–Crippen LogP) is 3.96. The SMILES string of the molecule is CCCCOc1ccc(C(=O)NCC(=O)N/N=C\c2ccc(OC(=O)c3ccccc3)cc2)cc1. The summed E-state index contributed by atoms with van der Waals surface area (Å²) < 4.78 is 10.9. The van der Waals surface area contributed by atoms with Crippen molar-refractivity contribution in [3.05, 3.63) is 95.6 Å². The second kappa shape index (κ2) is 13.3. The number of rotatable bonds is 11. The van der Waals surface area contributed by atoms with Crippen LogP contribution in [0.3, 0.4) is 0 Å². The first-order chi connectivity index (χ1) is 17.0. The molecule has 0 unspecified atom stereocenters. The summed E-state index contributed by atoms with van der Waals surface area (Å²) in [6.45, 7) is 2.50. The molecule has 0 aliphatic carbocycles. The largest absolute Gasteiger partial charge is 0.494 e. The Labute approximate surface area is 204 Å². The molecule has 3 aromatic carbocycles. The number of carbonyl (C=O) groups excluding carboxylic acids is 3. The molecule has 0 aliphatic heterocycles. The first-order valence-electron chi connectivity index (χ1n) is 11.3. The van der Waals surface area contributed by atoms with Crippen LogP contribution in [0.5, 0.6) is 11.5 Å². The molecule has 0 bridgehead atoms. The van der Waals surface area contributed by atoms with Crippen molar-refractivity contribution in [3.8, 4) is 11.5 Å². The number of ether oxygens (including phenoxy) is 2. The number of amides is 2. The number of hydrogen-bond donors (Lipinski definition) is 2. The van der Waals surface area contributed by atoms with E-state index in [0.717, 1.165) is 12.8 Å². The highest BCUT2D eigenvalue weighted by Gasteiger charge is 2.09. The topological polar surface area (TPSA) is 106 Å². The van der Waals surface area contributed by atoms with Gasteiger partial charge in [0.15, 0.2) is 0 Å². The molecule has 0 saturated heterocycles. The summed E-state index contributed by atoms with van der Waals surface area (Å²) in [7, 11) is 0. The molecule has 8 heteroatoms. The van der Waals surface area contributed by atoms with Gasteiger partial charge in [0, 0.05) is 5.56 Å². The van der Waals surface area contributed by atoms with E-state index >= 15 is 0 Å². The van der Waals surface area contributed by atoms with Gasteiger partial charge in [0.1, 0.15) is 11.5 Å². The van der Waals surface area contributed by atoms with E-state index in [9.17, 15) is 14.4 Å². The lowest BCUT2D eigenvalue weighted by Gasteiger charge is -2.07. The Balaban J connectivity index is 1.39. The number of unbranched alkanes of at least 4 members (excludes halogenated alkanes) is 1. The van der Waals surface area contributed by atoms with Crippen LogP contribution < -0.4 is 20.2 Å². The van der Waals surface area contributed by atoms with E-state index in [1.54, 1.807) is 72.8 Å². The van der Waals surface area contributed by atoms with Crippen molar-refractivity contribution in [2.45, 2.75) is 19.8 Å². The Kier molecular flexibility index (Phi) is 9.56. The van der Waals surface area contributed by atoms with Gasteiger partial charge in [-0.15, -0.1) is 0 Å². The van der Waals surface area contributed by atoms with Crippen molar-refractivity contribution >= 4 is 24.0 Å². The Morgan fingerprint density at radius 3 is 2.23 bits per heavy atom. The lowest BCUT2D eigenvalue weighted by atomic mass is 10.2. The Bertz CT molecular complexity index is 1140. The number of hydrogen-bond acceptors (Lipinski definition) is 6. The molecule has 2 N–H and O–H groups in total. The number of hydrazone groups is 1. The molecule has 0 radical (unpaired) electrons. The first-order valence-corrected chi connectivity index (χ1v) is 11.3. The molecule has 0 atom stereocenters. The lowest BCUT2D eigenvalue weighted by Crippen LogP contribution is -2.34. The molecule has 2 amide bonds. The molecule has 8 nitrogen and oxygen atoms in total. The van der Waals surface area contributed by atoms with E-state index in [4.69, 9.17) is 9.47 Å². The van der Waals surface area contributed by atoms with Crippen molar-refractivity contribution in [2.75, 3.05) is 13.2 Å². The molecular weight excluding hydrogens is 446 g/mol. The maximum atomic E-state index is 12.2. The van der Waals surface area contributed by atoms with E-state index < -0.39 is 11.9 Å². The highest BCUT2D eigenvalue weighted by molar-refractivity contribution is 5.96. The zero-order valence-corrected chi connectivity index (χ0v) is 19.4. The second-order valence-corrected chi connectivity index (χ2v) is 7.53. The van der Waals surface area contributed by atoms with Crippen molar-refractivity contribution in [1.29, 1.82) is 0 Å². The molecular formula is C27H27N3O5. The number of nitrogens with one attached hydrogen (secondary N) is 2. The maximum absolute atomic E-state index is 12.2. The van der Waals surface area contributed by atoms with Crippen LogP contribution in [-0.2, 0) is 4.79 Å². The van der Waals surface area contributed by atoms with E-state index in [1.165, 1.54) is 6.21 Å². The molecule has 0 aliphatic rings. The fraction of sp³-hybridized carbons (Fsp3) is 0.185. The summed E-state index contributed by atoms with van der Waals surface area (Å²) in [5.74, 6) is -0.197. The zero-order chi connectivity index (χ0) is 24.9. The minimum atomic E-state index is -0.470. The van der Waals surface area contributed by atoms with Gasteiger partial charge in [-0.2, -0.15) is 5.10 Å². The Hall–Kier alpha value is -4.46. The predicted molar refractivity (Wildman–Crippen MR) is 133 cm³/mol. The van der Waals surface area contributed by atoms with Crippen LogP contribution in [0.1, 0.15) is 46.0 Å². The summed E-state index contributed by atoms with van der Waals surface area (Å²) in [5.41, 5.74) is 3.93. The van der Waals surface area contributed by atoms with Crippen molar-refractivity contribution in [2.24, 2.45) is 5.10 Å². The number of esters is 1. The number of carbonyl (C=O) groups is 3. The third kappa shape index (κ3) is 8.43. The van der Waals surface area contributed by atoms with Gasteiger partial charge >= 0.3 is 5.97 Å². The zero-order valence-electron chi connectivity index (χ0n) is 19.4. The van der Waals surface area contributed by atoms with Crippen LogP contribution in [-0.4, -0.2) is 37.1 Å². The van der Waals surface area contributed by atoms with Crippen LogP contribution in [0, 0.1) is 0 Å². The minimum Gasteiger partial charge on any atom is -0.494 e. The second-order valence-electron chi connectivity index (χ2n) is 7.53. The molecule has 0 heterocycles. The Morgan fingerprint density at radius 2 is 1.54 bits per heavy atom. The van der Waals surface area contributed by atoms with Crippen molar-refractivity contribution in [3.63, 3.8) is 0 Å². The van der Waals surface area contributed by atoms with Gasteiger partial charge in [-0.05, 0) is 72.6 Å². The van der Waals surface area contributed by atoms with Gasteiger partial charge < -0.3 is 14.8 Å². The maximum Gasteiger partial charge on any atom is 0.343 e. The fourth-order valence-corrected chi connectivity index (χ4v) is 2.88. The monoisotopic (exact) mass is 473 g/mol. The van der Waals surface area contributed by atoms with Crippen LogP contribution in [0.2, 0.25) is 0 Å². The van der Waals surface area contributed by atoms with E-state index in [2.05, 4.69) is 22.8 Å². The molecule has 0 aromatic heterocycles. The van der Waals surface area contributed by atoms with Gasteiger partial charge in [0.05, 0.1) is 24.9 Å². The van der Waals surface area contributed by atoms with Gasteiger partial charge in [-0.1, -0.05) is 31.5 Å². The normalized spacial score (nSPS) is 10.5. The van der Waals surface area contributed by atoms with Crippen molar-refractivity contribution in [1.82, 2.24) is 10.7 Å². The molecule has 3 aromatic rings. The fourth-order valence-electron chi connectivity index (χ4n) is 2.88. The summed E-state index contributed by atoms with van der Waals surface area (Å²) in [4.78, 5) is 36.2. The molecule has 0 saturated carbocycles. The highest BCUT2D eigenvalue weighted by atomic mass is 16.5. The van der Waals surface area contributed by atoms with Crippen LogP contribution >= 0.6 is 0 Å². The van der Waals surface area contributed by atoms with Crippen LogP contribution in [0.4, 0.5) is 0 Å². The standard InChI is InChI=1S/C27H27N3O5/c1-2-3-17-34-23-15-11-21(12-16-23)26(32)28-19-25(31)30-29-18-20-9-13-24(14-10-20)35-27(33)22-7-5-4-6-8-22/h4-16,18H,2-3,17,19H2,1H3,(H,28,32)(H,30,31)/b29-18-. The number of nitrogens with zero attached hydrogens (tertiary/aromatic N) is 1. The highest BCUT2D eigenvalue weighted by Crippen LogP contribution is 2.14. The van der Waals surface area contributed by atoms with Crippen molar-refractivity contribution < 1.29 is 23.9 Å². The molecule has 35 heavy (non-hydrogen) atoms. The quantitative estimate of drug-likeness (QED) is 0.144. The molecule has 180 valence electrons. The third-order valence-corrected chi connectivity index (χ3v) is 4.80. The average Bonchev–Trinajstić information content (AvgIpc) is 2.89. The van der Waals surface area contributed by atoms with Gasteiger partial charge in [-0.25, -0.2) is 10.2 Å². The molecule has 3 rings (SSSR count). The Morgan fingerprint density at radius 1 is 0.857 bits per heavy atom.